The summed E-state index contributed by atoms with van der Waals surface area (Å²) in [5.41, 5.74) is 0.388. The van der Waals surface area contributed by atoms with Crippen LogP contribution >= 0.6 is 0 Å². The summed E-state index contributed by atoms with van der Waals surface area (Å²) in [7, 11) is -4.19. The van der Waals surface area contributed by atoms with Gasteiger partial charge < -0.3 is 4.98 Å². The predicted molar refractivity (Wildman–Crippen MR) is 151 cm³/mol. The Kier molecular flexibility index (Phi) is 7.84. The summed E-state index contributed by atoms with van der Waals surface area (Å²) < 4.78 is 58.1. The molecule has 0 bridgehead atoms. The zero-order valence-electron chi connectivity index (χ0n) is 22.0. The van der Waals surface area contributed by atoms with Gasteiger partial charge in [-0.1, -0.05) is 55.8 Å². The van der Waals surface area contributed by atoms with E-state index in [1.165, 1.54) is 41.0 Å². The van der Waals surface area contributed by atoms with Gasteiger partial charge in [-0.25, -0.2) is 27.0 Å². The maximum atomic E-state index is 14.7. The summed E-state index contributed by atoms with van der Waals surface area (Å²) in [6, 6.07) is 17.6. The number of nitrogens with zero attached hydrogens (tertiary/aromatic N) is 2. The maximum absolute atomic E-state index is 14.7. The van der Waals surface area contributed by atoms with Crippen molar-refractivity contribution in [3.63, 3.8) is 0 Å². The number of unbranched alkanes of at least 4 members (excludes halogenated alkanes) is 1. The van der Waals surface area contributed by atoms with Gasteiger partial charge in [0.15, 0.2) is 5.65 Å². The highest BCUT2D eigenvalue weighted by Crippen LogP contribution is 2.30. The number of aromatic amines is 2. The van der Waals surface area contributed by atoms with Crippen molar-refractivity contribution < 1.29 is 17.2 Å². The van der Waals surface area contributed by atoms with E-state index in [4.69, 9.17) is 0 Å². The van der Waals surface area contributed by atoms with Gasteiger partial charge in [-0.2, -0.15) is 0 Å². The van der Waals surface area contributed by atoms with E-state index in [-0.39, 0.29) is 23.3 Å². The van der Waals surface area contributed by atoms with Crippen molar-refractivity contribution in [2.45, 2.75) is 43.5 Å². The zero-order valence-corrected chi connectivity index (χ0v) is 22.8. The highest BCUT2D eigenvalue weighted by atomic mass is 32.2. The number of benzene rings is 3. The number of hydrogen-bond acceptors (Lipinski definition) is 5. The van der Waals surface area contributed by atoms with E-state index in [9.17, 15) is 26.8 Å². The quantitative estimate of drug-likeness (QED) is 0.222. The molecule has 3 aromatic carbocycles. The number of nitrogens with one attached hydrogen (secondary N) is 3. The van der Waals surface area contributed by atoms with Crippen LogP contribution in [-0.4, -0.2) is 27.9 Å². The average Bonchev–Trinajstić information content (AvgIpc) is 3.39. The van der Waals surface area contributed by atoms with Crippen LogP contribution in [0.2, 0.25) is 0 Å². The summed E-state index contributed by atoms with van der Waals surface area (Å²) in [6.07, 6.45) is 1.68. The Balaban J connectivity index is 1.55. The number of aromatic nitrogens is 4. The van der Waals surface area contributed by atoms with Crippen LogP contribution in [0.15, 0.2) is 87.3 Å². The molecule has 12 heteroatoms. The molecule has 2 heterocycles. The van der Waals surface area contributed by atoms with Gasteiger partial charge in [0.05, 0.1) is 0 Å². The van der Waals surface area contributed by atoms with Gasteiger partial charge in [0.1, 0.15) is 27.9 Å². The fourth-order valence-electron chi connectivity index (χ4n) is 4.66. The normalized spacial score (nSPS) is 12.5. The predicted octanol–water partition coefficient (Wildman–Crippen LogP) is 4.67. The Morgan fingerprint density at radius 3 is 2.29 bits per heavy atom. The van der Waals surface area contributed by atoms with E-state index < -0.39 is 43.7 Å². The zero-order chi connectivity index (χ0) is 29.1. The summed E-state index contributed by atoms with van der Waals surface area (Å²) in [5.74, 6) is -1.55. The van der Waals surface area contributed by atoms with E-state index in [2.05, 4.69) is 19.7 Å². The first-order valence-electron chi connectivity index (χ1n) is 13.0. The molecule has 41 heavy (non-hydrogen) atoms. The minimum absolute atomic E-state index is 0.128. The molecular weight excluding hydrogens is 552 g/mol. The monoisotopic (exact) mass is 579 g/mol. The van der Waals surface area contributed by atoms with Crippen molar-refractivity contribution in [3.8, 4) is 0 Å². The minimum Gasteiger partial charge on any atom is -0.336 e. The van der Waals surface area contributed by atoms with Crippen molar-refractivity contribution in [1.29, 1.82) is 0 Å². The fraction of sp³-hybridized carbons (Fsp3) is 0.207. The summed E-state index contributed by atoms with van der Waals surface area (Å²) in [4.78, 5) is 34.7. The van der Waals surface area contributed by atoms with Crippen LogP contribution in [0, 0.1) is 11.6 Å². The highest BCUT2D eigenvalue weighted by Gasteiger charge is 2.24. The highest BCUT2D eigenvalue weighted by molar-refractivity contribution is 7.92. The van der Waals surface area contributed by atoms with Crippen LogP contribution in [0.1, 0.15) is 42.6 Å². The van der Waals surface area contributed by atoms with Crippen LogP contribution in [0.25, 0.3) is 11.2 Å². The van der Waals surface area contributed by atoms with Crippen LogP contribution < -0.4 is 16.0 Å². The van der Waals surface area contributed by atoms with Crippen LogP contribution in [-0.2, 0) is 23.0 Å². The first kappa shape index (κ1) is 28.0. The standard InChI is InChI=1S/C29H27F2N5O4S/c1-2-3-16-36-27-25(28(37)34-29(36)38)32-26(33-27)21(17-19-8-4-5-9-22(19)30)18-12-14-20(15-13-18)35-41(39,40)24-11-7-6-10-23(24)31/h4-15,21,35H,2-3,16-17H2,1H3,(H,32,33)(H,34,37,38). The number of anilines is 1. The lowest BCUT2D eigenvalue weighted by Gasteiger charge is -2.17. The number of H-pyrrole nitrogens is 2. The Morgan fingerprint density at radius 1 is 0.927 bits per heavy atom. The number of hydrogen-bond donors (Lipinski definition) is 3. The summed E-state index contributed by atoms with van der Waals surface area (Å²) in [6.45, 7) is 2.34. The van der Waals surface area contributed by atoms with Crippen molar-refractivity contribution in [3.05, 3.63) is 122 Å². The van der Waals surface area contributed by atoms with Crippen molar-refractivity contribution in [1.82, 2.24) is 19.5 Å². The molecule has 0 radical (unpaired) electrons. The third-order valence-electron chi connectivity index (χ3n) is 6.79. The Morgan fingerprint density at radius 2 is 1.61 bits per heavy atom. The minimum atomic E-state index is -4.19. The summed E-state index contributed by atoms with van der Waals surface area (Å²) in [5, 5.41) is 0. The first-order valence-corrected chi connectivity index (χ1v) is 14.5. The smallest absolute Gasteiger partial charge is 0.330 e. The van der Waals surface area contributed by atoms with Gasteiger partial charge in [-0.05, 0) is 54.3 Å². The molecule has 212 valence electrons. The Bertz CT molecular complexity index is 1930. The number of sulfonamides is 1. The van der Waals surface area contributed by atoms with Gasteiger partial charge in [-0.15, -0.1) is 0 Å². The van der Waals surface area contributed by atoms with Crippen molar-refractivity contribution >= 4 is 26.9 Å². The van der Waals surface area contributed by atoms with Crippen LogP contribution in [0.4, 0.5) is 14.5 Å². The molecule has 1 unspecified atom stereocenters. The van der Waals surface area contributed by atoms with Gasteiger partial charge in [0, 0.05) is 18.2 Å². The molecule has 0 aliphatic rings. The SMILES string of the molecule is CCCCn1c(=O)[nH]c(=O)c2[nH]c(C(Cc3ccccc3F)c3ccc(NS(=O)(=O)c4ccccc4F)cc3)nc21. The molecule has 5 rings (SSSR count). The summed E-state index contributed by atoms with van der Waals surface area (Å²) >= 11 is 0. The fourth-order valence-corrected chi connectivity index (χ4v) is 5.80. The molecule has 9 nitrogen and oxygen atoms in total. The van der Waals surface area contributed by atoms with Crippen molar-refractivity contribution in [2.24, 2.45) is 0 Å². The first-order chi connectivity index (χ1) is 19.7. The lowest BCUT2D eigenvalue weighted by atomic mass is 9.91. The van der Waals surface area contributed by atoms with E-state index in [1.807, 2.05) is 6.92 Å². The molecule has 3 N–H and O–H groups in total. The topological polar surface area (TPSA) is 130 Å². The van der Waals surface area contributed by atoms with E-state index >= 15 is 0 Å². The largest absolute Gasteiger partial charge is 0.336 e. The van der Waals surface area contributed by atoms with E-state index in [0.29, 0.717) is 29.9 Å². The molecule has 0 aliphatic carbocycles. The molecule has 0 amide bonds. The third-order valence-corrected chi connectivity index (χ3v) is 8.20. The number of imidazole rings is 1. The molecule has 1 atom stereocenters. The van der Waals surface area contributed by atoms with Crippen LogP contribution in [0.5, 0.6) is 0 Å². The average molecular weight is 580 g/mol. The second-order valence-corrected chi connectivity index (χ2v) is 11.2. The number of rotatable bonds is 10. The van der Waals surface area contributed by atoms with Crippen LogP contribution in [0.3, 0.4) is 0 Å². The molecule has 0 saturated heterocycles. The van der Waals surface area contributed by atoms with Crippen molar-refractivity contribution in [2.75, 3.05) is 4.72 Å². The molecule has 2 aromatic heterocycles. The molecule has 0 fully saturated rings. The van der Waals surface area contributed by atoms with Gasteiger partial charge in [0.25, 0.3) is 15.6 Å². The third kappa shape index (κ3) is 5.82. The molecule has 0 saturated carbocycles. The Hall–Kier alpha value is -4.58. The van der Waals surface area contributed by atoms with E-state index in [0.717, 1.165) is 12.5 Å². The lowest BCUT2D eigenvalue weighted by Crippen LogP contribution is -2.30. The number of aryl methyl sites for hydroxylation is 1. The number of fused-ring (bicyclic) bond motifs is 1. The maximum Gasteiger partial charge on any atom is 0.330 e. The second-order valence-electron chi connectivity index (χ2n) is 9.59. The van der Waals surface area contributed by atoms with Gasteiger partial charge >= 0.3 is 5.69 Å². The molecule has 0 spiro atoms. The Labute approximate surface area is 234 Å². The molecular formula is C29H27F2N5O4S. The van der Waals surface area contributed by atoms with Gasteiger partial charge in [-0.3, -0.25) is 19.1 Å². The number of halogens is 2. The van der Waals surface area contributed by atoms with Gasteiger partial charge in [0.2, 0.25) is 0 Å². The molecule has 5 aromatic rings. The molecule has 0 aliphatic heterocycles. The second kappa shape index (κ2) is 11.5. The lowest BCUT2D eigenvalue weighted by molar-refractivity contribution is 0.570. The van der Waals surface area contributed by atoms with E-state index in [1.54, 1.807) is 30.3 Å².